The van der Waals surface area contributed by atoms with Gasteiger partial charge in [-0.2, -0.15) is 4.31 Å². The molecule has 1 aromatic heterocycles. The molecule has 3 aromatic carbocycles. The van der Waals surface area contributed by atoms with Crippen LogP contribution in [0.5, 0.6) is 17.2 Å². The third kappa shape index (κ3) is 7.70. The lowest BCUT2D eigenvalue weighted by Gasteiger charge is -2.36. The van der Waals surface area contributed by atoms with Gasteiger partial charge in [-0.1, -0.05) is 24.3 Å². The van der Waals surface area contributed by atoms with Crippen LogP contribution in [0.1, 0.15) is 23.5 Å². The van der Waals surface area contributed by atoms with Crippen molar-refractivity contribution in [3.8, 4) is 17.2 Å². The van der Waals surface area contributed by atoms with Gasteiger partial charge in [-0.05, 0) is 54.1 Å². The zero-order valence-electron chi connectivity index (χ0n) is 28.3. The fourth-order valence-corrected chi connectivity index (χ4v) is 8.04. The summed E-state index contributed by atoms with van der Waals surface area (Å²) in [6.07, 6.45) is 3.09. The van der Waals surface area contributed by atoms with Crippen molar-refractivity contribution >= 4 is 26.9 Å². The van der Waals surface area contributed by atoms with E-state index in [1.165, 1.54) is 23.5 Å². The number of methoxy groups -OCH3 is 1. The number of nitrogens with zero attached hydrogens (tertiary/aromatic N) is 3. The van der Waals surface area contributed by atoms with Crippen LogP contribution in [0.25, 0.3) is 11.0 Å². The molecule has 4 aromatic rings. The van der Waals surface area contributed by atoms with Crippen molar-refractivity contribution in [2.24, 2.45) is 0 Å². The van der Waals surface area contributed by atoms with Crippen molar-refractivity contribution < 1.29 is 46.4 Å². The Labute approximate surface area is 296 Å². The zero-order valence-corrected chi connectivity index (χ0v) is 29.1. The minimum absolute atomic E-state index is 0.0289. The molecule has 1 amide bonds. The van der Waals surface area contributed by atoms with E-state index < -0.39 is 16.3 Å². The number of benzene rings is 3. The second kappa shape index (κ2) is 15.3. The summed E-state index contributed by atoms with van der Waals surface area (Å²) in [5, 5.41) is 10.6. The number of aliphatic hydroxyl groups excluding tert-OH is 1. The van der Waals surface area contributed by atoms with Crippen molar-refractivity contribution in [3.05, 3.63) is 96.0 Å². The minimum Gasteiger partial charge on any atom is -0.497 e. The Balaban J connectivity index is 1.03. The zero-order chi connectivity index (χ0) is 35.4. The van der Waals surface area contributed by atoms with E-state index in [2.05, 4.69) is 4.90 Å². The number of sulfonamides is 1. The maximum Gasteiger partial charge on any atom is 0.288 e. The lowest BCUT2D eigenvalue weighted by atomic mass is 9.92. The van der Waals surface area contributed by atoms with Crippen LogP contribution in [0.4, 0.5) is 0 Å². The van der Waals surface area contributed by atoms with Crippen LogP contribution < -0.4 is 14.2 Å². The van der Waals surface area contributed by atoms with E-state index >= 15 is 0 Å². The number of hydrogen-bond acceptors (Lipinski definition) is 11. The van der Waals surface area contributed by atoms with Gasteiger partial charge in [-0.25, -0.2) is 8.42 Å². The Bertz CT molecular complexity index is 1970. The molecule has 7 rings (SSSR count). The van der Waals surface area contributed by atoms with E-state index in [1.54, 1.807) is 23.3 Å². The lowest BCUT2D eigenvalue weighted by Crippen LogP contribution is -2.49. The molecule has 0 unspecified atom stereocenters. The Morgan fingerprint density at radius 2 is 1.76 bits per heavy atom. The topological polar surface area (TPSA) is 140 Å². The molecule has 3 aliphatic heterocycles. The van der Waals surface area contributed by atoms with E-state index in [0.29, 0.717) is 38.3 Å². The number of para-hydroxylation sites is 1. The maximum absolute atomic E-state index is 14.0. The van der Waals surface area contributed by atoms with Gasteiger partial charge in [0.1, 0.15) is 11.3 Å². The number of fused-ring (bicyclic) bond motifs is 2. The number of aliphatic hydroxyl groups is 1. The summed E-state index contributed by atoms with van der Waals surface area (Å²) in [6, 6.07) is 19.7. The maximum atomic E-state index is 14.0. The minimum atomic E-state index is -3.93. The number of hydrogen-bond donors (Lipinski definition) is 1. The Kier molecular flexibility index (Phi) is 10.5. The molecule has 0 saturated carbocycles. The monoisotopic (exact) mass is 719 g/mol. The van der Waals surface area contributed by atoms with E-state index in [4.69, 9.17) is 28.1 Å². The van der Waals surface area contributed by atoms with Crippen LogP contribution in [0, 0.1) is 0 Å². The standard InChI is InChI=1S/C37H41N3O10S/c1-45-28-7-9-29(10-8-28)51(43,44)40(16-18-41)17-19-46-36-22-27(31-24-47-32-5-3-2-4-30(31)32)21-35(50-36)37(42)39-14-12-38(13-15-39)23-26-6-11-33-34(20-26)49-25-48-33/h2-11,20-21,24,27,36,41H,12-19,22-23,25H2,1H3/t27-,36+/m1/s1. The second-order valence-corrected chi connectivity index (χ2v) is 14.5. The van der Waals surface area contributed by atoms with E-state index in [-0.39, 0.29) is 55.6 Å². The molecule has 4 heterocycles. The quantitative estimate of drug-likeness (QED) is 0.215. The van der Waals surface area contributed by atoms with E-state index in [1.807, 2.05) is 48.5 Å². The molecule has 1 fully saturated rings. The smallest absolute Gasteiger partial charge is 0.288 e. The number of carbonyl (C=O) groups excluding carboxylic acids is 1. The third-order valence-electron chi connectivity index (χ3n) is 9.37. The van der Waals surface area contributed by atoms with Crippen LogP contribution in [0.15, 0.2) is 94.1 Å². The highest BCUT2D eigenvalue weighted by molar-refractivity contribution is 7.89. The average Bonchev–Trinajstić information content (AvgIpc) is 3.82. The van der Waals surface area contributed by atoms with Crippen molar-refractivity contribution in [3.63, 3.8) is 0 Å². The average molecular weight is 720 g/mol. The van der Waals surface area contributed by atoms with Crippen molar-refractivity contribution in [1.29, 1.82) is 0 Å². The van der Waals surface area contributed by atoms with Gasteiger partial charge >= 0.3 is 0 Å². The molecule has 0 radical (unpaired) electrons. The van der Waals surface area contributed by atoms with Crippen LogP contribution in [-0.4, -0.2) is 106 Å². The largest absolute Gasteiger partial charge is 0.497 e. The predicted molar refractivity (Wildman–Crippen MR) is 186 cm³/mol. The summed E-state index contributed by atoms with van der Waals surface area (Å²) in [4.78, 5) is 18.1. The molecule has 51 heavy (non-hydrogen) atoms. The molecule has 1 saturated heterocycles. The number of ether oxygens (including phenoxy) is 5. The highest BCUT2D eigenvalue weighted by Crippen LogP contribution is 2.37. The Hall–Kier alpha value is -4.60. The van der Waals surface area contributed by atoms with Gasteiger partial charge in [0, 0.05) is 69.1 Å². The second-order valence-electron chi connectivity index (χ2n) is 12.5. The lowest BCUT2D eigenvalue weighted by molar-refractivity contribution is -0.154. The highest BCUT2D eigenvalue weighted by atomic mass is 32.2. The molecule has 1 N–H and O–H groups in total. The molecule has 0 aliphatic carbocycles. The van der Waals surface area contributed by atoms with Gasteiger partial charge in [0.25, 0.3) is 5.91 Å². The third-order valence-corrected chi connectivity index (χ3v) is 11.3. The summed E-state index contributed by atoms with van der Waals surface area (Å²) in [6.45, 7) is 2.83. The van der Waals surface area contributed by atoms with E-state index in [9.17, 15) is 18.3 Å². The first-order valence-electron chi connectivity index (χ1n) is 16.9. The first-order valence-corrected chi connectivity index (χ1v) is 18.4. The predicted octanol–water partition coefficient (Wildman–Crippen LogP) is 3.93. The van der Waals surface area contributed by atoms with Gasteiger partial charge < -0.3 is 38.1 Å². The van der Waals surface area contributed by atoms with Gasteiger partial charge in [0.05, 0.1) is 31.5 Å². The highest BCUT2D eigenvalue weighted by Gasteiger charge is 2.34. The number of amides is 1. The van der Waals surface area contributed by atoms with Gasteiger partial charge in [-0.15, -0.1) is 0 Å². The summed E-state index contributed by atoms with van der Waals surface area (Å²) in [7, 11) is -2.43. The van der Waals surface area contributed by atoms with Gasteiger partial charge in [0.15, 0.2) is 17.3 Å². The molecule has 0 bridgehead atoms. The molecule has 2 atom stereocenters. The van der Waals surface area contributed by atoms with Crippen molar-refractivity contribution in [2.45, 2.75) is 30.1 Å². The molecular formula is C37H41N3O10S. The number of rotatable bonds is 13. The number of furan rings is 1. The number of piperazine rings is 1. The normalized spacial score (nSPS) is 19.3. The molecular weight excluding hydrogens is 678 g/mol. The van der Waals surface area contributed by atoms with Gasteiger partial charge in [-0.3, -0.25) is 9.69 Å². The number of carbonyl (C=O) groups is 1. The summed E-state index contributed by atoms with van der Waals surface area (Å²) in [5.41, 5.74) is 2.76. The first kappa shape index (κ1) is 34.8. The van der Waals surface area contributed by atoms with Crippen molar-refractivity contribution in [2.75, 3.05) is 66.4 Å². The molecule has 270 valence electrons. The Morgan fingerprint density at radius 3 is 2.55 bits per heavy atom. The number of allylic oxidation sites excluding steroid dienone is 1. The van der Waals surface area contributed by atoms with Crippen LogP contribution in [-0.2, 0) is 30.8 Å². The fraction of sp³-hybridized carbons (Fsp3) is 0.378. The van der Waals surface area contributed by atoms with E-state index in [0.717, 1.165) is 40.1 Å². The van der Waals surface area contributed by atoms with Gasteiger partial charge in [0.2, 0.25) is 23.1 Å². The van der Waals surface area contributed by atoms with Crippen molar-refractivity contribution in [1.82, 2.24) is 14.1 Å². The molecule has 13 nitrogen and oxygen atoms in total. The fourth-order valence-electron chi connectivity index (χ4n) is 6.62. The summed E-state index contributed by atoms with van der Waals surface area (Å²) in [5.74, 6) is 1.73. The van der Waals surface area contributed by atoms with Crippen LogP contribution >= 0.6 is 0 Å². The molecule has 0 spiro atoms. The SMILES string of the molecule is COc1ccc(S(=O)(=O)N(CCO)CCO[C@@H]2C[C@H](c3coc4ccccc34)C=C(C(=O)N3CCN(Cc4ccc5c(c4)OCO5)CC3)O2)cc1. The van der Waals surface area contributed by atoms with Crippen LogP contribution in [0.3, 0.4) is 0 Å². The molecule has 14 heteroatoms. The summed E-state index contributed by atoms with van der Waals surface area (Å²) < 4.78 is 62.3. The molecule has 3 aliphatic rings. The Morgan fingerprint density at radius 1 is 0.980 bits per heavy atom. The summed E-state index contributed by atoms with van der Waals surface area (Å²) >= 11 is 0. The first-order chi connectivity index (χ1) is 24.8. The van der Waals surface area contributed by atoms with Crippen LogP contribution in [0.2, 0.25) is 0 Å².